The maximum Gasteiger partial charge on any atom is 0.246 e. The summed E-state index contributed by atoms with van der Waals surface area (Å²) < 4.78 is 32.9. The molecule has 9 nitrogen and oxygen atoms in total. The van der Waals surface area contributed by atoms with Crippen LogP contribution in [0.5, 0.6) is 5.75 Å². The van der Waals surface area contributed by atoms with Crippen LogP contribution in [0.3, 0.4) is 0 Å². The highest BCUT2D eigenvalue weighted by atomic mass is 32.2. The number of hydrogen-bond donors (Lipinski definition) is 2. The topological polar surface area (TPSA) is 106 Å². The molecule has 2 N–H and O–H groups in total. The Morgan fingerprint density at radius 3 is 2.53 bits per heavy atom. The molecule has 0 saturated carbocycles. The lowest BCUT2D eigenvalue weighted by Gasteiger charge is -2.16. The van der Waals surface area contributed by atoms with Gasteiger partial charge in [-0.15, -0.1) is 0 Å². The summed E-state index contributed by atoms with van der Waals surface area (Å²) in [6.45, 7) is -0.0341. The van der Waals surface area contributed by atoms with Gasteiger partial charge in [-0.3, -0.25) is 4.79 Å². The van der Waals surface area contributed by atoms with Crippen molar-refractivity contribution in [1.82, 2.24) is 14.1 Å². The second kappa shape index (κ2) is 8.97. The molecule has 0 aliphatic heterocycles. The summed E-state index contributed by atoms with van der Waals surface area (Å²) in [5.74, 6) is 0.397. The Hall–Kier alpha value is -3.37. The molecule has 158 valence electrons. The fourth-order valence-corrected chi connectivity index (χ4v) is 3.75. The third-order valence-corrected chi connectivity index (χ3v) is 6.08. The Labute approximate surface area is 175 Å². The highest BCUT2D eigenvalue weighted by Gasteiger charge is 2.23. The molecule has 10 heteroatoms. The van der Waals surface area contributed by atoms with Crippen LogP contribution in [-0.4, -0.2) is 56.2 Å². The van der Waals surface area contributed by atoms with E-state index in [1.165, 1.54) is 33.3 Å². The molecule has 0 unspecified atom stereocenters. The number of nitrogens with one attached hydrogen (secondary N) is 2. The minimum Gasteiger partial charge on any atom is -0.495 e. The maximum atomic E-state index is 12.5. The number of nitrogens with zero attached hydrogens (tertiary/aromatic N) is 3. The van der Waals surface area contributed by atoms with Crippen molar-refractivity contribution in [3.63, 3.8) is 0 Å². The Morgan fingerprint density at radius 1 is 1.13 bits per heavy atom. The Kier molecular flexibility index (Phi) is 6.38. The first-order valence-corrected chi connectivity index (χ1v) is 10.5. The largest absolute Gasteiger partial charge is 0.495 e. The van der Waals surface area contributed by atoms with Crippen LogP contribution in [0.15, 0.2) is 65.7 Å². The van der Waals surface area contributed by atoms with Gasteiger partial charge in [0.2, 0.25) is 15.9 Å². The minimum absolute atomic E-state index is 0.0256. The fourth-order valence-electron chi connectivity index (χ4n) is 2.67. The van der Waals surface area contributed by atoms with E-state index in [4.69, 9.17) is 4.74 Å². The quantitative estimate of drug-likeness (QED) is 0.569. The van der Waals surface area contributed by atoms with Gasteiger partial charge in [0, 0.05) is 32.0 Å². The summed E-state index contributed by atoms with van der Waals surface area (Å²) >= 11 is 0. The molecule has 0 aliphatic rings. The summed E-state index contributed by atoms with van der Waals surface area (Å²) in [6, 6.07) is 15.8. The summed E-state index contributed by atoms with van der Waals surface area (Å²) in [5.41, 5.74) is 1.25. The summed E-state index contributed by atoms with van der Waals surface area (Å²) in [7, 11) is 0.520. The minimum atomic E-state index is -3.73. The van der Waals surface area contributed by atoms with Crippen LogP contribution >= 0.6 is 0 Å². The summed E-state index contributed by atoms with van der Waals surface area (Å²) in [6.07, 6.45) is 1.79. The van der Waals surface area contributed by atoms with Crippen LogP contribution in [0.4, 0.5) is 11.5 Å². The lowest BCUT2D eigenvalue weighted by Crippen LogP contribution is -2.24. The number of para-hydroxylation sites is 1. The highest BCUT2D eigenvalue weighted by Crippen LogP contribution is 2.28. The van der Waals surface area contributed by atoms with E-state index in [9.17, 15) is 13.2 Å². The molecule has 0 radical (unpaired) electrons. The normalized spacial score (nSPS) is 11.3. The number of carbonyl (C=O) groups excluding carboxylic acids is 1. The third-order valence-electron chi connectivity index (χ3n) is 4.25. The molecule has 0 atom stereocenters. The first-order valence-electron chi connectivity index (χ1n) is 9.06. The number of aromatic nitrogens is 2. The molecular weight excluding hydrogens is 406 g/mol. The Bertz CT molecular complexity index is 1130. The van der Waals surface area contributed by atoms with E-state index in [0.29, 0.717) is 11.5 Å². The molecule has 0 spiro atoms. The van der Waals surface area contributed by atoms with Gasteiger partial charge in [0.25, 0.3) is 0 Å². The highest BCUT2D eigenvalue weighted by molar-refractivity contribution is 7.89. The van der Waals surface area contributed by atoms with Crippen molar-refractivity contribution in [3.8, 4) is 11.4 Å². The maximum absolute atomic E-state index is 12.5. The predicted molar refractivity (Wildman–Crippen MR) is 115 cm³/mol. The molecule has 1 heterocycles. The average Bonchev–Trinajstić information content (AvgIpc) is 3.22. The predicted octanol–water partition coefficient (Wildman–Crippen LogP) is 2.18. The molecule has 1 aromatic heterocycles. The zero-order chi connectivity index (χ0) is 21.7. The second-order valence-electron chi connectivity index (χ2n) is 6.54. The van der Waals surface area contributed by atoms with Crippen LogP contribution in [0.2, 0.25) is 0 Å². The van der Waals surface area contributed by atoms with Gasteiger partial charge >= 0.3 is 0 Å². The second-order valence-corrected chi connectivity index (χ2v) is 8.66. The monoisotopic (exact) mass is 429 g/mol. The van der Waals surface area contributed by atoms with Crippen molar-refractivity contribution >= 4 is 27.4 Å². The number of ether oxygens (including phenoxy) is 1. The van der Waals surface area contributed by atoms with Gasteiger partial charge in [-0.05, 0) is 30.3 Å². The first kappa shape index (κ1) is 21.3. The van der Waals surface area contributed by atoms with Crippen molar-refractivity contribution < 1.29 is 17.9 Å². The Balaban J connectivity index is 1.66. The molecule has 3 rings (SSSR count). The summed E-state index contributed by atoms with van der Waals surface area (Å²) in [4.78, 5) is 12.3. The van der Waals surface area contributed by atoms with Crippen LogP contribution in [0.1, 0.15) is 0 Å². The Morgan fingerprint density at radius 2 is 1.87 bits per heavy atom. The number of hydrogen-bond acceptors (Lipinski definition) is 6. The van der Waals surface area contributed by atoms with E-state index < -0.39 is 10.0 Å². The molecule has 1 amide bonds. The molecule has 30 heavy (non-hydrogen) atoms. The van der Waals surface area contributed by atoms with E-state index >= 15 is 0 Å². The molecule has 3 aromatic rings. The van der Waals surface area contributed by atoms with Crippen molar-refractivity contribution in [1.29, 1.82) is 0 Å². The number of amides is 1. The van der Waals surface area contributed by atoms with Gasteiger partial charge in [-0.25, -0.2) is 17.4 Å². The number of anilines is 2. The fraction of sp³-hybridized carbons (Fsp3) is 0.200. The van der Waals surface area contributed by atoms with Crippen molar-refractivity contribution in [2.24, 2.45) is 0 Å². The van der Waals surface area contributed by atoms with Crippen LogP contribution in [0, 0.1) is 0 Å². The number of methoxy groups -OCH3 is 1. The van der Waals surface area contributed by atoms with Gasteiger partial charge in [0.15, 0.2) is 0 Å². The van der Waals surface area contributed by atoms with E-state index in [0.717, 1.165) is 9.99 Å². The van der Waals surface area contributed by atoms with Gasteiger partial charge in [-0.2, -0.15) is 5.10 Å². The third kappa shape index (κ3) is 4.78. The lowest BCUT2D eigenvalue weighted by atomic mass is 10.3. The van der Waals surface area contributed by atoms with E-state index in [1.807, 2.05) is 30.3 Å². The average molecular weight is 430 g/mol. The number of sulfonamides is 1. The standard InChI is InChI=1S/C20H23N5O4S/c1-24(2)30(27,28)18-13-15(9-10-17(18)29-3)22-20(26)14-21-19-11-12-25(23-19)16-7-5-4-6-8-16/h4-13H,14H2,1-3H3,(H,21,23)(H,22,26). The van der Waals surface area contributed by atoms with Crippen LogP contribution in [0.25, 0.3) is 5.69 Å². The molecule has 0 saturated heterocycles. The van der Waals surface area contributed by atoms with Crippen LogP contribution in [-0.2, 0) is 14.8 Å². The molecule has 0 bridgehead atoms. The van der Waals surface area contributed by atoms with Crippen LogP contribution < -0.4 is 15.4 Å². The van der Waals surface area contributed by atoms with Gasteiger partial charge < -0.3 is 15.4 Å². The summed E-state index contributed by atoms with van der Waals surface area (Å²) in [5, 5.41) is 10.00. The molecular formula is C20H23N5O4S. The van der Waals surface area contributed by atoms with Crippen molar-refractivity contribution in [2.75, 3.05) is 38.4 Å². The smallest absolute Gasteiger partial charge is 0.246 e. The number of carbonyl (C=O) groups is 1. The van der Waals surface area contributed by atoms with Gasteiger partial charge in [-0.1, -0.05) is 18.2 Å². The van der Waals surface area contributed by atoms with E-state index in [-0.39, 0.29) is 23.1 Å². The van der Waals surface area contributed by atoms with E-state index in [2.05, 4.69) is 15.7 Å². The zero-order valence-corrected chi connectivity index (χ0v) is 17.7. The first-order chi connectivity index (χ1) is 14.3. The zero-order valence-electron chi connectivity index (χ0n) is 16.9. The molecule has 0 fully saturated rings. The number of rotatable bonds is 8. The van der Waals surface area contributed by atoms with E-state index in [1.54, 1.807) is 23.0 Å². The lowest BCUT2D eigenvalue weighted by molar-refractivity contribution is -0.114. The molecule has 2 aromatic carbocycles. The van der Waals surface area contributed by atoms with Gasteiger partial charge in [0.1, 0.15) is 16.5 Å². The van der Waals surface area contributed by atoms with Crippen molar-refractivity contribution in [2.45, 2.75) is 4.90 Å². The van der Waals surface area contributed by atoms with Gasteiger partial charge in [0.05, 0.1) is 19.3 Å². The van der Waals surface area contributed by atoms with Crippen molar-refractivity contribution in [3.05, 3.63) is 60.8 Å². The SMILES string of the molecule is COc1ccc(NC(=O)CNc2ccn(-c3ccccc3)n2)cc1S(=O)(=O)N(C)C. The molecule has 0 aliphatic carbocycles. The number of benzene rings is 2.